The van der Waals surface area contributed by atoms with E-state index in [9.17, 15) is 0 Å². The average molecular weight is 208 g/mol. The van der Waals surface area contributed by atoms with Gasteiger partial charge >= 0.3 is 0 Å². The van der Waals surface area contributed by atoms with Gasteiger partial charge in [0.15, 0.2) is 0 Å². The topological polar surface area (TPSA) is 22.1 Å². The molecule has 2 aromatic rings. The van der Waals surface area contributed by atoms with Gasteiger partial charge < -0.3 is 4.74 Å². The Labute approximate surface area is 87.5 Å². The van der Waals surface area contributed by atoms with E-state index < -0.39 is 0 Å². The number of halogens is 1. The first-order valence-corrected chi connectivity index (χ1v) is 4.70. The van der Waals surface area contributed by atoms with Gasteiger partial charge in [-0.15, -0.1) is 0 Å². The predicted molar refractivity (Wildman–Crippen MR) is 57.5 cm³/mol. The van der Waals surface area contributed by atoms with Crippen LogP contribution in [0.2, 0.25) is 5.02 Å². The number of ether oxygens (including phenoxy) is 1. The smallest absolute Gasteiger partial charge is 0.0728 e. The molecule has 0 aliphatic heterocycles. The first-order valence-electron chi connectivity index (χ1n) is 4.33. The van der Waals surface area contributed by atoms with E-state index in [-0.39, 0.29) is 0 Å². The molecule has 0 aliphatic rings. The van der Waals surface area contributed by atoms with Crippen molar-refractivity contribution in [1.82, 2.24) is 4.98 Å². The van der Waals surface area contributed by atoms with Crippen LogP contribution in [0.4, 0.5) is 0 Å². The molecule has 72 valence electrons. The number of hydrogen-bond acceptors (Lipinski definition) is 2. The molecule has 1 aromatic heterocycles. The summed E-state index contributed by atoms with van der Waals surface area (Å²) in [6.45, 7) is 0.579. The van der Waals surface area contributed by atoms with Crippen LogP contribution in [0.15, 0.2) is 30.5 Å². The van der Waals surface area contributed by atoms with Crippen molar-refractivity contribution in [3.8, 4) is 0 Å². The molecule has 0 radical (unpaired) electrons. The third-order valence-corrected chi connectivity index (χ3v) is 2.25. The van der Waals surface area contributed by atoms with Crippen molar-refractivity contribution >= 4 is 22.5 Å². The molecule has 2 rings (SSSR count). The zero-order valence-corrected chi connectivity index (χ0v) is 8.58. The Balaban J connectivity index is 2.52. The van der Waals surface area contributed by atoms with Gasteiger partial charge in [-0.25, -0.2) is 0 Å². The van der Waals surface area contributed by atoms with Crippen LogP contribution in [0.25, 0.3) is 10.9 Å². The summed E-state index contributed by atoms with van der Waals surface area (Å²) in [4.78, 5) is 4.30. The highest BCUT2D eigenvalue weighted by molar-refractivity contribution is 6.31. The van der Waals surface area contributed by atoms with Crippen LogP contribution in [0.1, 0.15) is 5.56 Å². The summed E-state index contributed by atoms with van der Waals surface area (Å²) in [6.07, 6.45) is 1.82. The first kappa shape index (κ1) is 9.44. The van der Waals surface area contributed by atoms with Crippen LogP contribution in [0.5, 0.6) is 0 Å². The van der Waals surface area contributed by atoms with Gasteiger partial charge in [-0.2, -0.15) is 0 Å². The van der Waals surface area contributed by atoms with Gasteiger partial charge in [0.05, 0.1) is 12.1 Å². The largest absolute Gasteiger partial charge is 0.380 e. The normalized spacial score (nSPS) is 10.7. The van der Waals surface area contributed by atoms with Crippen molar-refractivity contribution in [2.45, 2.75) is 6.61 Å². The lowest BCUT2D eigenvalue weighted by molar-refractivity contribution is 0.185. The zero-order valence-electron chi connectivity index (χ0n) is 7.83. The van der Waals surface area contributed by atoms with Crippen LogP contribution in [0, 0.1) is 0 Å². The Hall–Kier alpha value is -1.12. The molecule has 0 spiro atoms. The summed E-state index contributed by atoms with van der Waals surface area (Å²) in [5.74, 6) is 0. The van der Waals surface area contributed by atoms with Gasteiger partial charge in [-0.05, 0) is 29.8 Å². The van der Waals surface area contributed by atoms with Gasteiger partial charge in [-0.1, -0.05) is 11.6 Å². The van der Waals surface area contributed by atoms with E-state index in [2.05, 4.69) is 4.98 Å². The molecule has 14 heavy (non-hydrogen) atoms. The van der Waals surface area contributed by atoms with Gasteiger partial charge in [0.25, 0.3) is 0 Å². The first-order chi connectivity index (χ1) is 6.79. The summed E-state index contributed by atoms with van der Waals surface area (Å²) in [7, 11) is 1.67. The molecule has 3 heteroatoms. The maximum absolute atomic E-state index is 5.89. The Morgan fingerprint density at radius 3 is 3.00 bits per heavy atom. The highest BCUT2D eigenvalue weighted by atomic mass is 35.5. The number of hydrogen-bond donors (Lipinski definition) is 0. The molecule has 0 saturated heterocycles. The number of rotatable bonds is 2. The minimum absolute atomic E-state index is 0.579. The van der Waals surface area contributed by atoms with E-state index in [1.807, 2.05) is 30.5 Å². The summed E-state index contributed by atoms with van der Waals surface area (Å²) >= 11 is 5.89. The molecule has 0 amide bonds. The lowest BCUT2D eigenvalue weighted by Gasteiger charge is -2.01. The third-order valence-electron chi connectivity index (χ3n) is 2.01. The lowest BCUT2D eigenvalue weighted by atomic mass is 10.2. The third kappa shape index (κ3) is 1.86. The average Bonchev–Trinajstić information content (AvgIpc) is 2.17. The Bertz CT molecular complexity index is 456. The van der Waals surface area contributed by atoms with Crippen LogP contribution < -0.4 is 0 Å². The second-order valence-corrected chi connectivity index (χ2v) is 3.55. The van der Waals surface area contributed by atoms with Crippen LogP contribution in [0.3, 0.4) is 0 Å². The van der Waals surface area contributed by atoms with E-state index in [1.54, 1.807) is 7.11 Å². The molecular formula is C11H10ClNO. The molecule has 1 aromatic carbocycles. The lowest BCUT2D eigenvalue weighted by Crippen LogP contribution is -1.89. The van der Waals surface area contributed by atoms with Crippen LogP contribution in [-0.4, -0.2) is 12.1 Å². The fourth-order valence-corrected chi connectivity index (χ4v) is 1.57. The van der Waals surface area contributed by atoms with E-state index in [0.29, 0.717) is 6.61 Å². The van der Waals surface area contributed by atoms with Crippen molar-refractivity contribution in [2.75, 3.05) is 7.11 Å². The SMILES string of the molecule is COCc1cnc2ccc(Cl)cc2c1. The standard InChI is InChI=1S/C11H10ClNO/c1-14-7-8-4-9-5-10(12)2-3-11(9)13-6-8/h2-6H,7H2,1H3. The Morgan fingerprint density at radius 1 is 1.36 bits per heavy atom. The second-order valence-electron chi connectivity index (χ2n) is 3.11. The predicted octanol–water partition coefficient (Wildman–Crippen LogP) is 3.03. The molecule has 0 unspecified atom stereocenters. The van der Waals surface area contributed by atoms with Gasteiger partial charge in [0.1, 0.15) is 0 Å². The molecule has 0 bridgehead atoms. The Morgan fingerprint density at radius 2 is 2.21 bits per heavy atom. The van der Waals surface area contributed by atoms with Crippen molar-refractivity contribution in [1.29, 1.82) is 0 Å². The zero-order chi connectivity index (χ0) is 9.97. The molecule has 0 N–H and O–H groups in total. The number of nitrogens with zero attached hydrogens (tertiary/aromatic N) is 1. The van der Waals surface area contributed by atoms with E-state index in [0.717, 1.165) is 21.5 Å². The molecule has 2 nitrogen and oxygen atoms in total. The van der Waals surface area contributed by atoms with Crippen LogP contribution in [-0.2, 0) is 11.3 Å². The number of fused-ring (bicyclic) bond motifs is 1. The van der Waals surface area contributed by atoms with E-state index >= 15 is 0 Å². The highest BCUT2D eigenvalue weighted by Crippen LogP contribution is 2.18. The summed E-state index contributed by atoms with van der Waals surface area (Å²) in [5.41, 5.74) is 2.01. The number of methoxy groups -OCH3 is 1. The number of benzene rings is 1. The minimum Gasteiger partial charge on any atom is -0.380 e. The minimum atomic E-state index is 0.579. The molecule has 0 fully saturated rings. The number of aromatic nitrogens is 1. The molecule has 0 aliphatic carbocycles. The van der Waals surface area contributed by atoms with Crippen molar-refractivity contribution in [3.05, 3.63) is 41.0 Å². The summed E-state index contributed by atoms with van der Waals surface area (Å²) < 4.78 is 5.03. The van der Waals surface area contributed by atoms with Gasteiger partial charge in [0.2, 0.25) is 0 Å². The van der Waals surface area contributed by atoms with E-state index in [1.165, 1.54) is 0 Å². The van der Waals surface area contributed by atoms with Crippen LogP contribution >= 0.6 is 11.6 Å². The molecular weight excluding hydrogens is 198 g/mol. The summed E-state index contributed by atoms with van der Waals surface area (Å²) in [6, 6.07) is 7.70. The maximum Gasteiger partial charge on any atom is 0.0728 e. The fourth-order valence-electron chi connectivity index (χ4n) is 1.39. The monoisotopic (exact) mass is 207 g/mol. The van der Waals surface area contributed by atoms with Crippen molar-refractivity contribution < 1.29 is 4.74 Å². The highest BCUT2D eigenvalue weighted by Gasteiger charge is 1.98. The fraction of sp³-hybridized carbons (Fsp3) is 0.182. The quantitative estimate of drug-likeness (QED) is 0.755. The van der Waals surface area contributed by atoms with Crippen molar-refractivity contribution in [3.63, 3.8) is 0 Å². The summed E-state index contributed by atoms with van der Waals surface area (Å²) in [5, 5.41) is 1.78. The maximum atomic E-state index is 5.89. The molecule has 0 atom stereocenters. The second kappa shape index (κ2) is 3.95. The number of pyridine rings is 1. The molecule has 0 saturated carbocycles. The van der Waals surface area contributed by atoms with E-state index in [4.69, 9.17) is 16.3 Å². The van der Waals surface area contributed by atoms with Crippen molar-refractivity contribution in [2.24, 2.45) is 0 Å². The molecule has 1 heterocycles. The van der Waals surface area contributed by atoms with Gasteiger partial charge in [0, 0.05) is 23.7 Å². The Kier molecular flexibility index (Phi) is 2.66. The van der Waals surface area contributed by atoms with Gasteiger partial charge in [-0.3, -0.25) is 4.98 Å².